The zero-order valence-corrected chi connectivity index (χ0v) is 24.0. The number of benzene rings is 1. The lowest BCUT2D eigenvalue weighted by Crippen LogP contribution is -2.53. The van der Waals surface area contributed by atoms with E-state index >= 15 is 0 Å². The predicted molar refractivity (Wildman–Crippen MR) is 159 cm³/mol. The molecular formula is C31H38N6O5. The second-order valence-electron chi connectivity index (χ2n) is 11.1. The van der Waals surface area contributed by atoms with E-state index in [1.54, 1.807) is 49.9 Å². The highest BCUT2D eigenvalue weighted by Gasteiger charge is 2.48. The Bertz CT molecular complexity index is 1410. The number of hydrazone groups is 1. The summed E-state index contributed by atoms with van der Waals surface area (Å²) in [4.78, 5) is 32.9. The SMILES string of the molecule is CNN=C(N)COc1ccc(CC(NC(=O)C2=CCC3(C)C(=C2)N=C(c2ccoc2)N3C2CCCCC2)C(=O)O)cc1. The fraction of sp³-hybridized carbons (Fsp3) is 0.419. The number of ether oxygens (including phenoxy) is 1. The molecule has 0 bridgehead atoms. The molecule has 11 heteroatoms. The Balaban J connectivity index is 1.28. The summed E-state index contributed by atoms with van der Waals surface area (Å²) < 4.78 is 11.0. The zero-order valence-electron chi connectivity index (χ0n) is 24.0. The van der Waals surface area contributed by atoms with Crippen LogP contribution in [0.1, 0.15) is 56.6 Å². The van der Waals surface area contributed by atoms with E-state index in [2.05, 4.69) is 27.7 Å². The average molecular weight is 575 g/mol. The number of carboxylic acids is 1. The van der Waals surface area contributed by atoms with Gasteiger partial charge in [0.2, 0.25) is 0 Å². The minimum Gasteiger partial charge on any atom is -0.486 e. The van der Waals surface area contributed by atoms with Gasteiger partial charge in [-0.3, -0.25) is 4.79 Å². The number of carboxylic acid groups (broad SMARTS) is 1. The molecule has 2 aliphatic carbocycles. The van der Waals surface area contributed by atoms with Gasteiger partial charge in [-0.1, -0.05) is 37.5 Å². The number of carbonyl (C=O) groups is 2. The second kappa shape index (κ2) is 12.5. The normalized spacial score (nSPS) is 21.5. The molecule has 3 aliphatic rings. The number of nitrogens with zero attached hydrogens (tertiary/aromatic N) is 3. The van der Waals surface area contributed by atoms with Crippen molar-refractivity contribution >= 4 is 23.5 Å². The van der Waals surface area contributed by atoms with Gasteiger partial charge >= 0.3 is 5.97 Å². The first-order valence-corrected chi connectivity index (χ1v) is 14.4. The van der Waals surface area contributed by atoms with Gasteiger partial charge in [-0.15, -0.1) is 0 Å². The van der Waals surface area contributed by atoms with Crippen molar-refractivity contribution in [2.24, 2.45) is 15.8 Å². The monoisotopic (exact) mass is 574 g/mol. The maximum atomic E-state index is 13.3. The van der Waals surface area contributed by atoms with Gasteiger partial charge in [0.05, 0.1) is 23.1 Å². The predicted octanol–water partition coefficient (Wildman–Crippen LogP) is 3.33. The van der Waals surface area contributed by atoms with Crippen LogP contribution in [0.4, 0.5) is 0 Å². The molecule has 2 atom stereocenters. The van der Waals surface area contributed by atoms with Crippen molar-refractivity contribution in [1.29, 1.82) is 0 Å². The maximum Gasteiger partial charge on any atom is 0.326 e. The first kappa shape index (κ1) is 29.0. The number of carbonyl (C=O) groups excluding carboxylic acids is 1. The minimum absolute atomic E-state index is 0.115. The summed E-state index contributed by atoms with van der Waals surface area (Å²) in [5.41, 5.74) is 10.8. The van der Waals surface area contributed by atoms with E-state index in [9.17, 15) is 14.7 Å². The molecule has 5 rings (SSSR count). The van der Waals surface area contributed by atoms with E-state index in [-0.39, 0.29) is 13.0 Å². The molecule has 1 aliphatic heterocycles. The van der Waals surface area contributed by atoms with E-state index in [0.717, 1.165) is 35.5 Å². The van der Waals surface area contributed by atoms with Crippen LogP contribution in [0.25, 0.3) is 0 Å². The molecule has 2 unspecified atom stereocenters. The number of aliphatic imine (C=N–C) groups is 1. The first-order chi connectivity index (χ1) is 20.3. The van der Waals surface area contributed by atoms with E-state index < -0.39 is 23.5 Å². The molecule has 1 saturated carbocycles. The van der Waals surface area contributed by atoms with Crippen molar-refractivity contribution in [3.63, 3.8) is 0 Å². The summed E-state index contributed by atoms with van der Waals surface area (Å²) in [6.45, 7) is 2.29. The van der Waals surface area contributed by atoms with Gasteiger partial charge in [0.1, 0.15) is 30.5 Å². The standard InChI is InChI=1S/C31H38N6O5/c1-31-14-12-21(17-26(31)35-28(22-13-15-41-18-22)37(31)23-6-4-3-5-7-23)29(38)34-25(30(39)40)16-20-8-10-24(11-9-20)42-19-27(32)36-33-2/h8-13,15,17-18,23,25,33H,3-7,14,16,19H2,1-2H3,(H2,32,36)(H,34,38)(H,39,40). The van der Waals surface area contributed by atoms with Gasteiger partial charge in [-0.2, -0.15) is 5.10 Å². The van der Waals surface area contributed by atoms with Crippen LogP contribution in [0.5, 0.6) is 5.75 Å². The van der Waals surface area contributed by atoms with E-state index in [1.165, 1.54) is 19.3 Å². The molecule has 2 heterocycles. The van der Waals surface area contributed by atoms with Crippen LogP contribution in [0, 0.1) is 0 Å². The van der Waals surface area contributed by atoms with Gasteiger partial charge in [-0.25, -0.2) is 9.79 Å². The molecule has 1 amide bonds. The van der Waals surface area contributed by atoms with Crippen molar-refractivity contribution in [2.45, 2.75) is 69.5 Å². The Hall–Kier alpha value is -4.54. The van der Waals surface area contributed by atoms with Gasteiger partial charge < -0.3 is 35.6 Å². The molecule has 0 radical (unpaired) electrons. The van der Waals surface area contributed by atoms with E-state index in [4.69, 9.17) is 19.9 Å². The lowest BCUT2D eigenvalue weighted by atomic mass is 9.82. The number of amides is 1. The van der Waals surface area contributed by atoms with Crippen molar-refractivity contribution in [2.75, 3.05) is 13.7 Å². The summed E-state index contributed by atoms with van der Waals surface area (Å²) in [7, 11) is 1.64. The fourth-order valence-corrected chi connectivity index (χ4v) is 5.95. The number of hydrogen-bond donors (Lipinski definition) is 4. The number of fused-ring (bicyclic) bond motifs is 1. The lowest BCUT2D eigenvalue weighted by Gasteiger charge is -2.45. The number of nitrogens with one attached hydrogen (secondary N) is 2. The third-order valence-electron chi connectivity index (χ3n) is 8.14. The van der Waals surface area contributed by atoms with Crippen LogP contribution >= 0.6 is 0 Å². The molecule has 11 nitrogen and oxygen atoms in total. The molecule has 1 aromatic heterocycles. The maximum absolute atomic E-state index is 13.3. The molecule has 5 N–H and O–H groups in total. The van der Waals surface area contributed by atoms with Crippen LogP contribution in [0.2, 0.25) is 0 Å². The van der Waals surface area contributed by atoms with Crippen LogP contribution in [-0.4, -0.2) is 64.8 Å². The Kier molecular flexibility index (Phi) is 8.65. The molecule has 0 saturated heterocycles. The Morgan fingerprint density at radius 2 is 2.00 bits per heavy atom. The quantitative estimate of drug-likeness (QED) is 0.181. The Morgan fingerprint density at radius 3 is 2.67 bits per heavy atom. The first-order valence-electron chi connectivity index (χ1n) is 14.4. The van der Waals surface area contributed by atoms with E-state index in [0.29, 0.717) is 29.6 Å². The van der Waals surface area contributed by atoms with E-state index in [1.807, 2.05) is 12.1 Å². The smallest absolute Gasteiger partial charge is 0.326 e. The summed E-state index contributed by atoms with van der Waals surface area (Å²) in [6, 6.07) is 8.15. The van der Waals surface area contributed by atoms with Crippen LogP contribution in [-0.2, 0) is 16.0 Å². The molecule has 1 aromatic carbocycles. The number of furan rings is 1. The number of amidine groups is 2. The fourth-order valence-electron chi connectivity index (χ4n) is 5.95. The molecule has 42 heavy (non-hydrogen) atoms. The molecular weight excluding hydrogens is 536 g/mol. The third-order valence-corrected chi connectivity index (χ3v) is 8.14. The van der Waals surface area contributed by atoms with Crippen molar-refractivity contribution in [1.82, 2.24) is 15.6 Å². The highest BCUT2D eigenvalue weighted by atomic mass is 16.5. The Morgan fingerprint density at radius 1 is 1.24 bits per heavy atom. The molecule has 0 spiro atoms. The number of rotatable bonds is 11. The van der Waals surface area contributed by atoms with Crippen molar-refractivity contribution in [3.8, 4) is 5.75 Å². The summed E-state index contributed by atoms with van der Waals surface area (Å²) in [5, 5.41) is 16.4. The van der Waals surface area contributed by atoms with Crippen LogP contribution < -0.4 is 21.2 Å². The van der Waals surface area contributed by atoms with Crippen LogP contribution in [0.15, 0.2) is 80.8 Å². The topological polar surface area (TPSA) is 155 Å². The minimum atomic E-state index is -1.11. The number of aliphatic carboxylic acids is 1. The van der Waals surface area contributed by atoms with Gasteiger partial charge in [0, 0.05) is 25.1 Å². The van der Waals surface area contributed by atoms with Gasteiger partial charge in [0.15, 0.2) is 5.84 Å². The van der Waals surface area contributed by atoms with Crippen LogP contribution in [0.3, 0.4) is 0 Å². The van der Waals surface area contributed by atoms with Gasteiger partial charge in [0.25, 0.3) is 5.91 Å². The summed E-state index contributed by atoms with van der Waals surface area (Å²) in [5.74, 6) is 0.184. The highest BCUT2D eigenvalue weighted by Crippen LogP contribution is 2.44. The zero-order chi connectivity index (χ0) is 29.7. The van der Waals surface area contributed by atoms with Crippen molar-refractivity contribution in [3.05, 3.63) is 77.4 Å². The Labute approximate surface area is 245 Å². The largest absolute Gasteiger partial charge is 0.486 e. The third kappa shape index (κ3) is 6.19. The molecule has 2 aromatic rings. The lowest BCUT2D eigenvalue weighted by molar-refractivity contribution is -0.141. The highest BCUT2D eigenvalue weighted by molar-refractivity contribution is 6.03. The summed E-state index contributed by atoms with van der Waals surface area (Å²) in [6.07, 6.45) is 13.6. The molecule has 1 fully saturated rings. The second-order valence-corrected chi connectivity index (χ2v) is 11.1. The molecule has 222 valence electrons. The van der Waals surface area contributed by atoms with Gasteiger partial charge in [-0.05, 0) is 56.0 Å². The average Bonchev–Trinajstić information content (AvgIpc) is 3.62. The number of hydrogen-bond acceptors (Lipinski definition) is 8. The van der Waals surface area contributed by atoms with Crippen molar-refractivity contribution < 1.29 is 23.8 Å². The summed E-state index contributed by atoms with van der Waals surface area (Å²) >= 11 is 0. The number of nitrogens with two attached hydrogens (primary N) is 1.